The van der Waals surface area contributed by atoms with Gasteiger partial charge in [0, 0.05) is 23.6 Å². The lowest BCUT2D eigenvalue weighted by Gasteiger charge is -2.28. The molecule has 0 bridgehead atoms. The largest absolute Gasteiger partial charge is 0.440 e. The van der Waals surface area contributed by atoms with E-state index in [1.54, 1.807) is 0 Å². The maximum Gasteiger partial charge on any atom is 0.440 e. The van der Waals surface area contributed by atoms with Gasteiger partial charge in [0.2, 0.25) is 0 Å². The maximum absolute atomic E-state index is 13.1. The number of carbonyl (C=O) groups excluding carboxylic acids is 1. The Morgan fingerprint density at radius 2 is 2.17 bits per heavy atom. The van der Waals surface area contributed by atoms with E-state index in [0.29, 0.717) is 0 Å². The molecule has 0 unspecified atom stereocenters. The van der Waals surface area contributed by atoms with Gasteiger partial charge in [0.25, 0.3) is 5.60 Å². The number of rotatable bonds is 0. The number of ether oxygens (including phenoxy) is 1. The summed E-state index contributed by atoms with van der Waals surface area (Å²) in [5.41, 5.74) is -2.86. The Hall–Kier alpha value is -1.35. The number of alkyl carbamates (subject to hydrolysis) is 1. The summed E-state index contributed by atoms with van der Waals surface area (Å²) in [5, 5.41) is 1.84. The molecule has 2 aliphatic rings. The fourth-order valence-electron chi connectivity index (χ4n) is 1.39. The van der Waals surface area contributed by atoms with Crippen molar-refractivity contribution in [3.8, 4) is 11.8 Å². The highest BCUT2D eigenvalue weighted by Gasteiger charge is 2.58. The third-order valence-corrected chi connectivity index (χ3v) is 2.79. The van der Waals surface area contributed by atoms with Crippen molar-refractivity contribution in [2.24, 2.45) is 5.92 Å². The number of cyclic esters (lactones) is 1. The number of hydrogen-bond acceptors (Lipinski definition) is 2. The third-order valence-electron chi connectivity index (χ3n) is 2.54. The number of amides is 1. The first kappa shape index (κ1) is 13.1. The van der Waals surface area contributed by atoms with E-state index < -0.39 is 24.3 Å². The quantitative estimate of drug-likeness (QED) is 0.693. The Bertz CT molecular complexity index is 459. The predicted octanol–water partition coefficient (Wildman–Crippen LogP) is 2.91. The highest BCUT2D eigenvalue weighted by Crippen LogP contribution is 2.40. The average Bonchev–Trinajstić information content (AvgIpc) is 3.04. The molecule has 1 aliphatic heterocycles. The summed E-state index contributed by atoms with van der Waals surface area (Å²) in [4.78, 5) is 11.1. The summed E-state index contributed by atoms with van der Waals surface area (Å²) < 4.78 is 43.7. The van der Waals surface area contributed by atoms with Crippen molar-refractivity contribution in [1.82, 2.24) is 5.32 Å². The van der Waals surface area contributed by atoms with E-state index in [-0.39, 0.29) is 11.0 Å². The molecular weight excluding hydrogens is 271 g/mol. The number of nitrogens with one attached hydrogen (secondary N) is 1. The molecule has 1 heterocycles. The van der Waals surface area contributed by atoms with Crippen molar-refractivity contribution in [1.29, 1.82) is 0 Å². The zero-order chi connectivity index (χ0) is 13.4. The molecule has 1 amide bonds. The molecule has 3 nitrogen and oxygen atoms in total. The Morgan fingerprint density at radius 1 is 1.50 bits per heavy atom. The zero-order valence-corrected chi connectivity index (χ0v) is 9.86. The Kier molecular flexibility index (Phi) is 3.20. The number of halogens is 4. The third kappa shape index (κ3) is 2.72. The van der Waals surface area contributed by atoms with Crippen molar-refractivity contribution in [2.45, 2.75) is 31.0 Å². The molecule has 98 valence electrons. The van der Waals surface area contributed by atoms with Crippen LogP contribution in [0.2, 0.25) is 0 Å². The van der Waals surface area contributed by atoms with Gasteiger partial charge in [0.15, 0.2) is 0 Å². The van der Waals surface area contributed by atoms with E-state index in [1.807, 2.05) is 5.32 Å². The summed E-state index contributed by atoms with van der Waals surface area (Å²) >= 11 is 5.61. The Balaban J connectivity index is 2.37. The van der Waals surface area contributed by atoms with Crippen LogP contribution >= 0.6 is 11.6 Å². The van der Waals surface area contributed by atoms with Crippen LogP contribution < -0.4 is 5.32 Å². The fourth-order valence-corrected chi connectivity index (χ4v) is 1.64. The van der Waals surface area contributed by atoms with Crippen LogP contribution in [0.4, 0.5) is 18.0 Å². The summed E-state index contributed by atoms with van der Waals surface area (Å²) in [6.45, 7) is 0. The molecular formula is C11H9ClF3NO2. The molecule has 0 aromatic carbocycles. The van der Waals surface area contributed by atoms with Crippen LogP contribution in [0.25, 0.3) is 0 Å². The number of alkyl halides is 3. The van der Waals surface area contributed by atoms with Crippen molar-refractivity contribution in [3.05, 3.63) is 11.2 Å². The van der Waals surface area contributed by atoms with Gasteiger partial charge in [0.05, 0.1) is 0 Å². The lowest BCUT2D eigenvalue weighted by atomic mass is 9.99. The second-order valence-corrected chi connectivity index (χ2v) is 4.66. The minimum atomic E-state index is -4.80. The van der Waals surface area contributed by atoms with Crippen molar-refractivity contribution in [2.75, 3.05) is 0 Å². The second-order valence-electron chi connectivity index (χ2n) is 4.17. The molecule has 2 rings (SSSR count). The van der Waals surface area contributed by atoms with Gasteiger partial charge >= 0.3 is 12.3 Å². The van der Waals surface area contributed by atoms with Gasteiger partial charge in [0.1, 0.15) is 0 Å². The molecule has 1 saturated carbocycles. The molecule has 0 saturated heterocycles. The first-order chi connectivity index (χ1) is 8.32. The molecule has 0 aromatic heterocycles. The van der Waals surface area contributed by atoms with Crippen LogP contribution in [0.5, 0.6) is 0 Å². The summed E-state index contributed by atoms with van der Waals surface area (Å²) in [7, 11) is 0. The highest BCUT2D eigenvalue weighted by molar-refractivity contribution is 6.29. The maximum atomic E-state index is 13.1. The molecule has 1 N–H and O–H groups in total. The van der Waals surface area contributed by atoms with E-state index in [9.17, 15) is 18.0 Å². The molecule has 1 atom stereocenters. The van der Waals surface area contributed by atoms with E-state index in [1.165, 1.54) is 0 Å². The first-order valence-corrected chi connectivity index (χ1v) is 5.64. The summed E-state index contributed by atoms with van der Waals surface area (Å²) in [5.74, 6) is 4.50. The minimum absolute atomic E-state index is 0.0399. The van der Waals surface area contributed by atoms with Crippen molar-refractivity contribution >= 4 is 17.7 Å². The zero-order valence-electron chi connectivity index (χ0n) is 9.10. The van der Waals surface area contributed by atoms with Crippen molar-refractivity contribution in [3.63, 3.8) is 0 Å². The van der Waals surface area contributed by atoms with E-state index in [4.69, 9.17) is 11.6 Å². The minimum Gasteiger partial charge on any atom is -0.419 e. The standard InChI is InChI=1S/C11H9ClF3NO2/c12-8-5-10(11(13,14)15,4-3-7-1-2-7)18-9(17)16-6-8/h6-7H,1-2,5H2,(H,16,17)/t10-/m1/s1. The predicted molar refractivity (Wildman–Crippen MR) is 57.5 cm³/mol. The molecule has 0 spiro atoms. The fraction of sp³-hybridized carbons (Fsp3) is 0.545. The number of hydrogen-bond donors (Lipinski definition) is 1. The molecule has 1 fully saturated rings. The van der Waals surface area contributed by atoms with Gasteiger partial charge < -0.3 is 4.74 Å². The second kappa shape index (κ2) is 4.39. The van der Waals surface area contributed by atoms with Crippen LogP contribution in [0.1, 0.15) is 19.3 Å². The van der Waals surface area contributed by atoms with E-state index >= 15 is 0 Å². The summed E-state index contributed by atoms with van der Waals surface area (Å²) in [6.07, 6.45) is -4.18. The number of carbonyl (C=O) groups is 1. The lowest BCUT2D eigenvalue weighted by Crippen LogP contribution is -2.48. The van der Waals surface area contributed by atoms with Crippen molar-refractivity contribution < 1.29 is 22.7 Å². The molecule has 0 aromatic rings. The van der Waals surface area contributed by atoms with Crippen LogP contribution in [0.3, 0.4) is 0 Å². The average molecular weight is 280 g/mol. The van der Waals surface area contributed by atoms with Gasteiger partial charge in [-0.05, 0) is 18.8 Å². The molecule has 18 heavy (non-hydrogen) atoms. The smallest absolute Gasteiger partial charge is 0.419 e. The van der Waals surface area contributed by atoms with Gasteiger partial charge in [-0.25, -0.2) is 4.79 Å². The Labute approximate surface area is 106 Å². The van der Waals surface area contributed by atoms with Crippen LogP contribution in [0, 0.1) is 17.8 Å². The van der Waals surface area contributed by atoms with Gasteiger partial charge in [-0.3, -0.25) is 5.32 Å². The summed E-state index contributed by atoms with van der Waals surface area (Å²) in [6, 6.07) is 0. The molecule has 7 heteroatoms. The van der Waals surface area contributed by atoms with Crippen LogP contribution in [0.15, 0.2) is 11.2 Å². The van der Waals surface area contributed by atoms with Gasteiger partial charge in [-0.2, -0.15) is 13.2 Å². The Morgan fingerprint density at radius 3 is 2.72 bits per heavy atom. The lowest BCUT2D eigenvalue weighted by molar-refractivity contribution is -0.232. The topological polar surface area (TPSA) is 38.3 Å². The molecule has 0 radical (unpaired) electrons. The molecule has 1 aliphatic carbocycles. The normalized spacial score (nSPS) is 28.2. The van der Waals surface area contributed by atoms with E-state index in [0.717, 1.165) is 19.0 Å². The first-order valence-electron chi connectivity index (χ1n) is 5.26. The SMILES string of the molecule is O=C1NC=C(Cl)C[C@](C#CC2CC2)(C(F)(F)F)O1. The van der Waals surface area contributed by atoms with Crippen LogP contribution in [-0.2, 0) is 4.74 Å². The monoisotopic (exact) mass is 279 g/mol. The highest BCUT2D eigenvalue weighted by atomic mass is 35.5. The van der Waals surface area contributed by atoms with Crippen LogP contribution in [-0.4, -0.2) is 17.9 Å². The van der Waals surface area contributed by atoms with E-state index in [2.05, 4.69) is 16.6 Å². The van der Waals surface area contributed by atoms with Gasteiger partial charge in [-0.1, -0.05) is 17.5 Å². The van der Waals surface area contributed by atoms with Gasteiger partial charge in [-0.15, -0.1) is 0 Å².